The van der Waals surface area contributed by atoms with Crippen molar-refractivity contribution in [3.8, 4) is 0 Å². The predicted octanol–water partition coefficient (Wildman–Crippen LogP) is 2.43. The summed E-state index contributed by atoms with van der Waals surface area (Å²) >= 11 is 0. The molecule has 1 unspecified atom stereocenters. The van der Waals surface area contributed by atoms with E-state index in [2.05, 4.69) is 24.1 Å². The molecule has 0 amide bonds. The summed E-state index contributed by atoms with van der Waals surface area (Å²) in [5.41, 5.74) is 0.0385. The molecule has 21 heavy (non-hydrogen) atoms. The number of methoxy groups -OCH3 is 1. The molecule has 4 nitrogen and oxygen atoms in total. The highest BCUT2D eigenvalue weighted by Gasteiger charge is 2.52. The SMILES string of the molecule is CCC1(CC)CCN(CC(NC)(C(=O)OC)C2CC2)CC1. The number of esters is 1. The van der Waals surface area contributed by atoms with E-state index in [0.717, 1.165) is 32.5 Å². The van der Waals surface area contributed by atoms with Crippen LogP contribution in [0.4, 0.5) is 0 Å². The highest BCUT2D eigenvalue weighted by atomic mass is 16.5. The molecule has 1 aliphatic carbocycles. The minimum absolute atomic E-state index is 0.0877. The number of carbonyl (C=O) groups excluding carboxylic acids is 1. The summed E-state index contributed by atoms with van der Waals surface area (Å²) in [4.78, 5) is 14.8. The zero-order valence-electron chi connectivity index (χ0n) is 14.2. The van der Waals surface area contributed by atoms with Crippen molar-refractivity contribution < 1.29 is 9.53 Å². The second-order valence-corrected chi connectivity index (χ2v) is 6.97. The Balaban J connectivity index is 2.01. The van der Waals surface area contributed by atoms with Crippen LogP contribution in [-0.2, 0) is 9.53 Å². The number of nitrogens with one attached hydrogen (secondary N) is 1. The number of likely N-dealkylation sites (tertiary alicyclic amines) is 1. The monoisotopic (exact) mass is 296 g/mol. The maximum Gasteiger partial charge on any atom is 0.327 e. The summed E-state index contributed by atoms with van der Waals surface area (Å²) in [5.74, 6) is 0.356. The van der Waals surface area contributed by atoms with Crippen LogP contribution in [0.5, 0.6) is 0 Å². The van der Waals surface area contributed by atoms with Gasteiger partial charge in [0, 0.05) is 6.54 Å². The quantitative estimate of drug-likeness (QED) is 0.733. The van der Waals surface area contributed by atoms with E-state index in [1.54, 1.807) is 0 Å². The van der Waals surface area contributed by atoms with E-state index in [1.165, 1.54) is 32.8 Å². The molecule has 2 rings (SSSR count). The van der Waals surface area contributed by atoms with Crippen molar-refractivity contribution in [3.63, 3.8) is 0 Å². The molecule has 2 fully saturated rings. The normalized spacial score (nSPS) is 25.3. The van der Waals surface area contributed by atoms with Crippen molar-refractivity contribution >= 4 is 5.97 Å². The van der Waals surface area contributed by atoms with Crippen molar-refractivity contribution in [3.05, 3.63) is 0 Å². The molecule has 1 heterocycles. The molecule has 0 aromatic carbocycles. The van der Waals surface area contributed by atoms with Crippen LogP contribution in [0.25, 0.3) is 0 Å². The van der Waals surface area contributed by atoms with Gasteiger partial charge >= 0.3 is 5.97 Å². The van der Waals surface area contributed by atoms with Crippen LogP contribution in [-0.4, -0.2) is 50.2 Å². The standard InChI is InChI=1S/C17H32N2O2/c1-5-16(6-2)9-11-19(12-10-16)13-17(18-3,14-7-8-14)15(20)21-4/h14,18H,5-13H2,1-4H3. The number of hydrogen-bond donors (Lipinski definition) is 1. The van der Waals surface area contributed by atoms with Crippen LogP contribution in [0.15, 0.2) is 0 Å². The number of likely N-dealkylation sites (N-methyl/N-ethyl adjacent to an activating group) is 1. The number of hydrogen-bond acceptors (Lipinski definition) is 4. The molecule has 1 saturated carbocycles. The Morgan fingerprint density at radius 1 is 1.29 bits per heavy atom. The summed E-state index contributed by atoms with van der Waals surface area (Å²) in [6.07, 6.45) is 7.33. The Morgan fingerprint density at radius 3 is 2.24 bits per heavy atom. The minimum atomic E-state index is -0.493. The molecule has 1 atom stereocenters. The van der Waals surface area contributed by atoms with Crippen LogP contribution >= 0.6 is 0 Å². The van der Waals surface area contributed by atoms with Crippen LogP contribution in [0.2, 0.25) is 0 Å². The van der Waals surface area contributed by atoms with E-state index in [1.807, 2.05) is 7.05 Å². The smallest absolute Gasteiger partial charge is 0.327 e. The lowest BCUT2D eigenvalue weighted by Crippen LogP contribution is -2.61. The second-order valence-electron chi connectivity index (χ2n) is 6.97. The molecule has 0 aromatic rings. The van der Waals surface area contributed by atoms with Crippen molar-refractivity contribution in [2.24, 2.45) is 11.3 Å². The number of rotatable bonds is 7. The lowest BCUT2D eigenvalue weighted by atomic mass is 9.74. The van der Waals surface area contributed by atoms with Crippen LogP contribution in [0, 0.1) is 11.3 Å². The van der Waals surface area contributed by atoms with Gasteiger partial charge in [-0.15, -0.1) is 0 Å². The Hall–Kier alpha value is -0.610. The molecule has 0 radical (unpaired) electrons. The zero-order chi connectivity index (χ0) is 15.5. The van der Waals surface area contributed by atoms with E-state index < -0.39 is 5.54 Å². The lowest BCUT2D eigenvalue weighted by Gasteiger charge is -2.44. The summed E-state index contributed by atoms with van der Waals surface area (Å²) < 4.78 is 5.10. The topological polar surface area (TPSA) is 41.6 Å². The third kappa shape index (κ3) is 3.26. The van der Waals surface area contributed by atoms with Crippen LogP contribution < -0.4 is 5.32 Å². The Bertz CT molecular complexity index is 354. The summed E-state index contributed by atoms with van der Waals surface area (Å²) in [7, 11) is 3.41. The highest BCUT2D eigenvalue weighted by Crippen LogP contribution is 2.43. The van der Waals surface area contributed by atoms with Crippen LogP contribution in [0.1, 0.15) is 52.4 Å². The third-order valence-electron chi connectivity index (χ3n) is 6.16. The van der Waals surface area contributed by atoms with E-state index in [0.29, 0.717) is 11.3 Å². The van der Waals surface area contributed by atoms with E-state index >= 15 is 0 Å². The Kier molecular flexibility index (Phi) is 5.31. The molecule has 1 N–H and O–H groups in total. The van der Waals surface area contributed by atoms with Gasteiger partial charge in [0.25, 0.3) is 0 Å². The van der Waals surface area contributed by atoms with Gasteiger partial charge in [0.15, 0.2) is 0 Å². The van der Waals surface area contributed by atoms with E-state index in [4.69, 9.17) is 4.74 Å². The molecule has 1 aliphatic heterocycles. The first-order valence-electron chi connectivity index (χ1n) is 8.55. The van der Waals surface area contributed by atoms with Gasteiger partial charge in [0.2, 0.25) is 0 Å². The maximum atomic E-state index is 12.3. The molecular weight excluding hydrogens is 264 g/mol. The summed E-state index contributed by atoms with van der Waals surface area (Å²) in [6, 6.07) is 0. The fourth-order valence-corrected chi connectivity index (χ4v) is 4.00. The number of nitrogens with zero attached hydrogens (tertiary/aromatic N) is 1. The molecule has 4 heteroatoms. The van der Waals surface area contributed by atoms with Gasteiger partial charge in [-0.2, -0.15) is 0 Å². The van der Waals surface area contributed by atoms with Gasteiger partial charge in [0.1, 0.15) is 5.54 Å². The summed E-state index contributed by atoms with van der Waals surface area (Å²) in [5, 5.41) is 3.31. The van der Waals surface area contributed by atoms with E-state index in [9.17, 15) is 4.79 Å². The minimum Gasteiger partial charge on any atom is -0.468 e. The van der Waals surface area contributed by atoms with Gasteiger partial charge in [0.05, 0.1) is 7.11 Å². The number of carbonyl (C=O) groups is 1. The van der Waals surface area contributed by atoms with Gasteiger partial charge in [-0.3, -0.25) is 0 Å². The van der Waals surface area contributed by atoms with Crippen molar-refractivity contribution in [1.29, 1.82) is 0 Å². The van der Waals surface area contributed by atoms with Crippen molar-refractivity contribution in [2.75, 3.05) is 33.8 Å². The zero-order valence-corrected chi connectivity index (χ0v) is 14.2. The lowest BCUT2D eigenvalue weighted by molar-refractivity contribution is -0.150. The van der Waals surface area contributed by atoms with Gasteiger partial charge in [-0.25, -0.2) is 4.79 Å². The first kappa shape index (κ1) is 16.8. The largest absolute Gasteiger partial charge is 0.468 e. The average Bonchev–Trinajstić information content (AvgIpc) is 3.38. The third-order valence-corrected chi connectivity index (χ3v) is 6.16. The molecule has 0 aromatic heterocycles. The fourth-order valence-electron chi connectivity index (χ4n) is 4.00. The first-order valence-corrected chi connectivity index (χ1v) is 8.55. The molecular formula is C17H32N2O2. The van der Waals surface area contributed by atoms with E-state index in [-0.39, 0.29) is 5.97 Å². The maximum absolute atomic E-state index is 12.3. The molecule has 1 saturated heterocycles. The van der Waals surface area contributed by atoms with Crippen molar-refractivity contribution in [1.82, 2.24) is 10.2 Å². The average molecular weight is 296 g/mol. The number of ether oxygens (including phenoxy) is 1. The van der Waals surface area contributed by atoms with Gasteiger partial charge in [-0.1, -0.05) is 26.7 Å². The fraction of sp³-hybridized carbons (Fsp3) is 0.941. The van der Waals surface area contributed by atoms with Crippen LogP contribution in [0.3, 0.4) is 0 Å². The number of piperidine rings is 1. The molecule has 0 spiro atoms. The Morgan fingerprint density at radius 2 is 1.86 bits per heavy atom. The molecule has 122 valence electrons. The Labute approximate surface area is 129 Å². The first-order chi connectivity index (χ1) is 10.1. The van der Waals surface area contributed by atoms with Gasteiger partial charge < -0.3 is 15.0 Å². The van der Waals surface area contributed by atoms with Crippen molar-refractivity contribution in [2.45, 2.75) is 57.9 Å². The molecule has 0 bridgehead atoms. The highest BCUT2D eigenvalue weighted by molar-refractivity contribution is 5.82. The molecule has 2 aliphatic rings. The predicted molar refractivity (Wildman–Crippen MR) is 85.2 cm³/mol. The second kappa shape index (κ2) is 6.66. The van der Waals surface area contributed by atoms with Gasteiger partial charge in [-0.05, 0) is 57.2 Å². The summed E-state index contributed by atoms with van der Waals surface area (Å²) in [6.45, 7) is 7.64.